The van der Waals surface area contributed by atoms with Crippen molar-refractivity contribution in [1.29, 1.82) is 0 Å². The molecule has 1 aliphatic heterocycles. The molecule has 1 saturated heterocycles. The Kier molecular flexibility index (Phi) is 8.24. The molecule has 0 aromatic rings. The molecule has 0 aliphatic carbocycles. The van der Waals surface area contributed by atoms with Gasteiger partial charge in [0.2, 0.25) is 5.91 Å². The van der Waals surface area contributed by atoms with Gasteiger partial charge in [-0.25, -0.2) is 0 Å². The number of carbonyl (C=O) groups excluding carboxylic acids is 1. The zero-order chi connectivity index (χ0) is 11.3. The molecule has 5 heteroatoms. The lowest BCUT2D eigenvalue weighted by Crippen LogP contribution is -2.55. The summed E-state index contributed by atoms with van der Waals surface area (Å²) >= 11 is 1.64. The van der Waals surface area contributed by atoms with E-state index < -0.39 is 0 Å². The maximum atomic E-state index is 12.1. The van der Waals surface area contributed by atoms with Crippen LogP contribution >= 0.6 is 24.2 Å². The monoisotopic (exact) mass is 266 g/mol. The summed E-state index contributed by atoms with van der Waals surface area (Å²) in [4.78, 5) is 14.2. The van der Waals surface area contributed by atoms with Gasteiger partial charge in [-0.2, -0.15) is 11.8 Å². The van der Waals surface area contributed by atoms with Gasteiger partial charge in [-0.1, -0.05) is 13.3 Å². The van der Waals surface area contributed by atoms with Crippen molar-refractivity contribution in [2.45, 2.75) is 38.0 Å². The predicted octanol–water partition coefficient (Wildman–Crippen LogP) is 1.76. The molecule has 1 N–H and O–H groups in total. The first-order valence-electron chi connectivity index (χ1n) is 5.74. The fourth-order valence-corrected chi connectivity index (χ4v) is 2.31. The standard InChI is InChI=1S/C11H22N2OS.ClH/c1-4-5-10-8-12-6-7-13(10)11(14)9(2)15-3;/h9-10,12H,4-8H2,1-3H3;1H. The third-order valence-electron chi connectivity index (χ3n) is 2.96. The van der Waals surface area contributed by atoms with Crippen molar-refractivity contribution in [2.24, 2.45) is 0 Å². The van der Waals surface area contributed by atoms with Gasteiger partial charge >= 0.3 is 0 Å². The van der Waals surface area contributed by atoms with Gasteiger partial charge in [0.25, 0.3) is 0 Å². The van der Waals surface area contributed by atoms with Crippen LogP contribution in [0.1, 0.15) is 26.7 Å². The van der Waals surface area contributed by atoms with Gasteiger partial charge in [0.15, 0.2) is 0 Å². The second kappa shape index (κ2) is 8.20. The molecule has 0 aromatic carbocycles. The van der Waals surface area contributed by atoms with Crippen LogP contribution < -0.4 is 5.32 Å². The fourth-order valence-electron chi connectivity index (χ4n) is 1.98. The average molecular weight is 267 g/mol. The highest BCUT2D eigenvalue weighted by molar-refractivity contribution is 7.99. The van der Waals surface area contributed by atoms with Gasteiger partial charge in [-0.15, -0.1) is 12.4 Å². The number of hydrogen-bond acceptors (Lipinski definition) is 3. The molecule has 1 aliphatic rings. The molecule has 0 aromatic heterocycles. The first kappa shape index (κ1) is 16.1. The normalized spacial score (nSPS) is 22.4. The van der Waals surface area contributed by atoms with Gasteiger partial charge in [0.1, 0.15) is 0 Å². The molecule has 16 heavy (non-hydrogen) atoms. The Morgan fingerprint density at radius 3 is 2.88 bits per heavy atom. The molecule has 96 valence electrons. The Morgan fingerprint density at radius 2 is 2.31 bits per heavy atom. The summed E-state index contributed by atoms with van der Waals surface area (Å²) in [6.45, 7) is 6.94. The van der Waals surface area contributed by atoms with E-state index in [-0.39, 0.29) is 17.7 Å². The van der Waals surface area contributed by atoms with Crippen molar-refractivity contribution in [3.05, 3.63) is 0 Å². The Hall–Kier alpha value is 0.0700. The number of amides is 1. The molecule has 1 amide bonds. The quantitative estimate of drug-likeness (QED) is 0.842. The lowest BCUT2D eigenvalue weighted by Gasteiger charge is -2.37. The van der Waals surface area contributed by atoms with Crippen LogP contribution in [0.2, 0.25) is 0 Å². The van der Waals surface area contributed by atoms with E-state index in [1.807, 2.05) is 13.2 Å². The summed E-state index contributed by atoms with van der Waals surface area (Å²) in [6.07, 6.45) is 4.25. The fraction of sp³-hybridized carbons (Fsp3) is 0.909. The highest BCUT2D eigenvalue weighted by Crippen LogP contribution is 2.15. The van der Waals surface area contributed by atoms with Crippen LogP contribution in [0.15, 0.2) is 0 Å². The molecule has 3 nitrogen and oxygen atoms in total. The molecule has 1 fully saturated rings. The number of piperazine rings is 1. The lowest BCUT2D eigenvalue weighted by molar-refractivity contribution is -0.133. The van der Waals surface area contributed by atoms with Crippen LogP contribution in [0.5, 0.6) is 0 Å². The van der Waals surface area contributed by atoms with Crippen molar-refractivity contribution < 1.29 is 4.79 Å². The smallest absolute Gasteiger partial charge is 0.235 e. The van der Waals surface area contributed by atoms with Crippen LogP contribution in [-0.4, -0.2) is 48.0 Å². The molecule has 2 atom stereocenters. The zero-order valence-corrected chi connectivity index (χ0v) is 12.0. The number of nitrogens with zero attached hydrogens (tertiary/aromatic N) is 1. The van der Waals surface area contributed by atoms with E-state index in [4.69, 9.17) is 0 Å². The highest BCUT2D eigenvalue weighted by Gasteiger charge is 2.28. The van der Waals surface area contributed by atoms with Gasteiger partial charge in [-0.3, -0.25) is 4.79 Å². The highest BCUT2D eigenvalue weighted by atomic mass is 35.5. The summed E-state index contributed by atoms with van der Waals surface area (Å²) in [5.41, 5.74) is 0. The molecule has 0 radical (unpaired) electrons. The van der Waals surface area contributed by atoms with Crippen molar-refractivity contribution in [3.63, 3.8) is 0 Å². The van der Waals surface area contributed by atoms with E-state index in [0.29, 0.717) is 11.9 Å². The predicted molar refractivity (Wildman–Crippen MR) is 73.5 cm³/mol. The number of thioether (sulfide) groups is 1. The third kappa shape index (κ3) is 4.15. The maximum Gasteiger partial charge on any atom is 0.235 e. The number of rotatable bonds is 4. The SMILES string of the molecule is CCCC1CNCCN1C(=O)C(C)SC.Cl. The maximum absolute atomic E-state index is 12.1. The van der Waals surface area contributed by atoms with Gasteiger partial charge < -0.3 is 10.2 Å². The van der Waals surface area contributed by atoms with E-state index in [2.05, 4.69) is 17.1 Å². The molecular formula is C11H23ClN2OS. The summed E-state index contributed by atoms with van der Waals surface area (Å²) in [5.74, 6) is 0.308. The van der Waals surface area contributed by atoms with Crippen LogP contribution in [-0.2, 0) is 4.79 Å². The van der Waals surface area contributed by atoms with Crippen molar-refractivity contribution in [1.82, 2.24) is 10.2 Å². The second-order valence-corrected chi connectivity index (χ2v) is 5.23. The molecular weight excluding hydrogens is 244 g/mol. The summed E-state index contributed by atoms with van der Waals surface area (Å²) in [6, 6.07) is 0.408. The van der Waals surface area contributed by atoms with Crippen molar-refractivity contribution in [3.8, 4) is 0 Å². The molecule has 0 spiro atoms. The zero-order valence-electron chi connectivity index (χ0n) is 10.4. The first-order valence-corrected chi connectivity index (χ1v) is 7.03. The molecule has 1 heterocycles. The molecule has 2 unspecified atom stereocenters. The second-order valence-electron chi connectivity index (χ2n) is 4.06. The van der Waals surface area contributed by atoms with E-state index in [0.717, 1.165) is 32.5 Å². The minimum Gasteiger partial charge on any atom is -0.336 e. The number of nitrogens with one attached hydrogen (secondary N) is 1. The minimum absolute atomic E-state index is 0. The van der Waals surface area contributed by atoms with E-state index in [9.17, 15) is 4.79 Å². The Morgan fingerprint density at radius 1 is 1.62 bits per heavy atom. The lowest BCUT2D eigenvalue weighted by atomic mass is 10.1. The number of halogens is 1. The first-order chi connectivity index (χ1) is 7.20. The van der Waals surface area contributed by atoms with Crippen LogP contribution in [0.3, 0.4) is 0 Å². The van der Waals surface area contributed by atoms with E-state index in [1.165, 1.54) is 0 Å². The number of hydrogen-bond donors (Lipinski definition) is 1. The molecule has 1 rings (SSSR count). The number of carbonyl (C=O) groups is 1. The van der Waals surface area contributed by atoms with Gasteiger partial charge in [-0.05, 0) is 19.6 Å². The molecule has 0 saturated carbocycles. The Labute approximate surface area is 109 Å². The van der Waals surface area contributed by atoms with Crippen LogP contribution in [0.25, 0.3) is 0 Å². The Bertz CT molecular complexity index is 214. The van der Waals surface area contributed by atoms with Crippen molar-refractivity contribution >= 4 is 30.1 Å². The van der Waals surface area contributed by atoms with Gasteiger partial charge in [0, 0.05) is 25.7 Å². The topological polar surface area (TPSA) is 32.3 Å². The minimum atomic E-state index is 0. The summed E-state index contributed by atoms with van der Waals surface area (Å²) in [5, 5.41) is 3.46. The molecule has 0 bridgehead atoms. The van der Waals surface area contributed by atoms with E-state index >= 15 is 0 Å². The van der Waals surface area contributed by atoms with Crippen LogP contribution in [0.4, 0.5) is 0 Å². The van der Waals surface area contributed by atoms with Gasteiger partial charge in [0.05, 0.1) is 5.25 Å². The van der Waals surface area contributed by atoms with Crippen molar-refractivity contribution in [2.75, 3.05) is 25.9 Å². The summed E-state index contributed by atoms with van der Waals surface area (Å²) < 4.78 is 0. The largest absolute Gasteiger partial charge is 0.336 e. The Balaban J connectivity index is 0.00000225. The third-order valence-corrected chi connectivity index (χ3v) is 3.87. The summed E-state index contributed by atoms with van der Waals surface area (Å²) in [7, 11) is 0. The van der Waals surface area contributed by atoms with E-state index in [1.54, 1.807) is 11.8 Å². The average Bonchev–Trinajstić information content (AvgIpc) is 2.28. The van der Waals surface area contributed by atoms with Crippen LogP contribution in [0, 0.1) is 0 Å².